The lowest BCUT2D eigenvalue weighted by atomic mass is 10.2. The van der Waals surface area contributed by atoms with Gasteiger partial charge < -0.3 is 4.43 Å². The van der Waals surface area contributed by atoms with Gasteiger partial charge in [0.15, 0.2) is 0 Å². The van der Waals surface area contributed by atoms with Gasteiger partial charge in [0.05, 0.1) is 5.56 Å². The van der Waals surface area contributed by atoms with E-state index in [0.717, 1.165) is 37.4 Å². The molecule has 3 heteroatoms. The molecule has 0 unspecified atom stereocenters. The van der Waals surface area contributed by atoms with Crippen molar-refractivity contribution >= 4 is 14.3 Å². The van der Waals surface area contributed by atoms with Crippen molar-refractivity contribution in [3.05, 3.63) is 35.9 Å². The third kappa shape index (κ3) is 4.82. The summed E-state index contributed by atoms with van der Waals surface area (Å²) in [6, 6.07) is 12.6. The number of benzene rings is 1. The van der Waals surface area contributed by atoms with Crippen LogP contribution in [0.5, 0.6) is 0 Å². The fraction of sp³-hybridized carbons (Fsp3) is 0.562. The van der Waals surface area contributed by atoms with E-state index >= 15 is 0 Å². The minimum atomic E-state index is -1.89. The van der Waals surface area contributed by atoms with Crippen LogP contribution < -0.4 is 0 Å². The minimum Gasteiger partial charge on any atom is -0.516 e. The van der Waals surface area contributed by atoms with Crippen LogP contribution in [0.15, 0.2) is 30.3 Å². The van der Waals surface area contributed by atoms with E-state index in [4.69, 9.17) is 4.43 Å². The maximum atomic E-state index is 12.3. The van der Waals surface area contributed by atoms with Crippen molar-refractivity contribution < 1.29 is 9.22 Å². The molecule has 0 N–H and O–H groups in total. The molecule has 0 aromatic heterocycles. The van der Waals surface area contributed by atoms with Gasteiger partial charge in [0, 0.05) is 0 Å². The Kier molecular flexibility index (Phi) is 6.85. The van der Waals surface area contributed by atoms with Crippen LogP contribution in [-0.2, 0) is 4.43 Å². The number of hydrogen-bond acceptors (Lipinski definition) is 2. The number of rotatable bonds is 8. The van der Waals surface area contributed by atoms with Crippen LogP contribution in [0.1, 0.15) is 50.4 Å². The highest BCUT2D eigenvalue weighted by molar-refractivity contribution is 6.75. The first-order chi connectivity index (χ1) is 9.17. The highest BCUT2D eigenvalue weighted by Gasteiger charge is 2.36. The van der Waals surface area contributed by atoms with E-state index in [1.165, 1.54) is 0 Å². The van der Waals surface area contributed by atoms with Crippen molar-refractivity contribution in [2.24, 2.45) is 0 Å². The minimum absolute atomic E-state index is 0.123. The zero-order valence-electron chi connectivity index (χ0n) is 12.4. The Hall–Kier alpha value is -1.09. The van der Waals surface area contributed by atoms with Gasteiger partial charge in [0.1, 0.15) is 0 Å². The van der Waals surface area contributed by atoms with Crippen LogP contribution in [0.2, 0.25) is 18.1 Å². The first kappa shape index (κ1) is 16.0. The molecule has 1 aromatic rings. The fourth-order valence-corrected chi connectivity index (χ4v) is 7.03. The molecular formula is C16H26O2Si. The third-order valence-corrected chi connectivity index (χ3v) is 8.29. The summed E-state index contributed by atoms with van der Waals surface area (Å²) >= 11 is 0. The maximum absolute atomic E-state index is 12.3. The van der Waals surface area contributed by atoms with Crippen molar-refractivity contribution in [1.29, 1.82) is 0 Å². The fourth-order valence-electron chi connectivity index (χ4n) is 2.72. The molecule has 0 spiro atoms. The smallest absolute Gasteiger partial charge is 0.324 e. The van der Waals surface area contributed by atoms with Crippen LogP contribution in [-0.4, -0.2) is 14.3 Å². The molecule has 2 nitrogen and oxygen atoms in total. The molecule has 0 aliphatic heterocycles. The second-order valence-corrected chi connectivity index (χ2v) is 9.26. The van der Waals surface area contributed by atoms with Crippen LogP contribution in [0, 0.1) is 0 Å². The lowest BCUT2D eigenvalue weighted by Crippen LogP contribution is -2.40. The molecule has 0 fully saturated rings. The van der Waals surface area contributed by atoms with Crippen LogP contribution in [0.4, 0.5) is 0 Å². The van der Waals surface area contributed by atoms with Crippen LogP contribution >= 0.6 is 0 Å². The second kappa shape index (κ2) is 8.15. The average Bonchev–Trinajstić information content (AvgIpc) is 2.40. The summed E-state index contributed by atoms with van der Waals surface area (Å²) in [6.45, 7) is 6.55. The Balaban J connectivity index is 2.83. The van der Waals surface area contributed by atoms with Gasteiger partial charge in [-0.25, -0.2) is 4.79 Å². The highest BCUT2D eigenvalue weighted by atomic mass is 28.4. The predicted molar refractivity (Wildman–Crippen MR) is 82.9 cm³/mol. The molecular weight excluding hydrogens is 252 g/mol. The molecule has 0 saturated carbocycles. The van der Waals surface area contributed by atoms with Gasteiger partial charge in [-0.1, -0.05) is 58.2 Å². The summed E-state index contributed by atoms with van der Waals surface area (Å²) in [5.74, 6) is -0.123. The highest BCUT2D eigenvalue weighted by Crippen LogP contribution is 2.28. The first-order valence-electron chi connectivity index (χ1n) is 7.46. The standard InChI is InChI=1S/C16H26O2Si/c1-4-12-19(13-5-2,14-6-3)18-16(17)15-10-8-7-9-11-15/h7-11H,4-6,12-14H2,1-3H3. The van der Waals surface area contributed by atoms with Gasteiger partial charge >= 0.3 is 5.97 Å². The molecule has 1 aromatic carbocycles. The Bertz CT molecular complexity index is 359. The Labute approximate surface area is 118 Å². The van der Waals surface area contributed by atoms with E-state index in [1.807, 2.05) is 30.3 Å². The normalized spacial score (nSPS) is 11.3. The molecule has 0 bridgehead atoms. The van der Waals surface area contributed by atoms with Crippen molar-refractivity contribution in [3.63, 3.8) is 0 Å². The molecule has 0 aliphatic carbocycles. The largest absolute Gasteiger partial charge is 0.516 e. The molecule has 0 radical (unpaired) electrons. The van der Waals surface area contributed by atoms with E-state index in [1.54, 1.807) is 0 Å². The van der Waals surface area contributed by atoms with Crippen molar-refractivity contribution in [1.82, 2.24) is 0 Å². The zero-order chi connectivity index (χ0) is 14.1. The summed E-state index contributed by atoms with van der Waals surface area (Å²) in [5.41, 5.74) is 0.683. The SMILES string of the molecule is CCC[Si](CCC)(CCC)OC(=O)c1ccccc1. The average molecular weight is 278 g/mol. The van der Waals surface area contributed by atoms with Gasteiger partial charge in [-0.2, -0.15) is 0 Å². The van der Waals surface area contributed by atoms with Gasteiger partial charge in [0.25, 0.3) is 8.32 Å². The molecule has 1 rings (SSSR count). The molecule has 106 valence electrons. The Morgan fingerprint density at radius 2 is 1.42 bits per heavy atom. The Morgan fingerprint density at radius 3 is 1.84 bits per heavy atom. The molecule has 0 atom stereocenters. The third-order valence-electron chi connectivity index (χ3n) is 3.44. The van der Waals surface area contributed by atoms with Crippen molar-refractivity contribution in [3.8, 4) is 0 Å². The number of carbonyl (C=O) groups excluding carboxylic acids is 1. The number of carbonyl (C=O) groups is 1. The summed E-state index contributed by atoms with van der Waals surface area (Å²) in [5, 5.41) is 0. The van der Waals surface area contributed by atoms with Crippen molar-refractivity contribution in [2.75, 3.05) is 0 Å². The van der Waals surface area contributed by atoms with E-state index in [0.29, 0.717) is 5.56 Å². The topological polar surface area (TPSA) is 26.3 Å². The van der Waals surface area contributed by atoms with Gasteiger partial charge in [-0.15, -0.1) is 0 Å². The predicted octanol–water partition coefficient (Wildman–Crippen LogP) is 5.02. The summed E-state index contributed by atoms with van der Waals surface area (Å²) in [7, 11) is -1.89. The Morgan fingerprint density at radius 1 is 0.947 bits per heavy atom. The second-order valence-electron chi connectivity index (χ2n) is 5.19. The maximum Gasteiger partial charge on any atom is 0.324 e. The summed E-state index contributed by atoms with van der Waals surface area (Å²) in [4.78, 5) is 12.3. The first-order valence-corrected chi connectivity index (χ1v) is 9.98. The monoisotopic (exact) mass is 278 g/mol. The zero-order valence-corrected chi connectivity index (χ0v) is 13.4. The summed E-state index contributed by atoms with van der Waals surface area (Å²) in [6.07, 6.45) is 3.32. The molecule has 0 saturated heterocycles. The summed E-state index contributed by atoms with van der Waals surface area (Å²) < 4.78 is 6.05. The lowest BCUT2D eigenvalue weighted by molar-refractivity contribution is 0.0716. The van der Waals surface area contributed by atoms with E-state index in [-0.39, 0.29) is 5.97 Å². The number of hydrogen-bond donors (Lipinski definition) is 0. The molecule has 19 heavy (non-hydrogen) atoms. The van der Waals surface area contributed by atoms with Gasteiger partial charge in [-0.05, 0) is 30.3 Å². The van der Waals surface area contributed by atoms with E-state index < -0.39 is 8.32 Å². The van der Waals surface area contributed by atoms with Gasteiger partial charge in [-0.3, -0.25) is 0 Å². The van der Waals surface area contributed by atoms with E-state index in [9.17, 15) is 4.79 Å². The molecule has 0 heterocycles. The molecule has 0 amide bonds. The molecule has 0 aliphatic rings. The van der Waals surface area contributed by atoms with E-state index in [2.05, 4.69) is 20.8 Å². The van der Waals surface area contributed by atoms with Crippen molar-refractivity contribution in [2.45, 2.75) is 58.2 Å². The lowest BCUT2D eigenvalue weighted by Gasteiger charge is -2.30. The quantitative estimate of drug-likeness (QED) is 0.624. The van der Waals surface area contributed by atoms with Gasteiger partial charge in [0.2, 0.25) is 0 Å². The van der Waals surface area contributed by atoms with Crippen LogP contribution in [0.3, 0.4) is 0 Å². The van der Waals surface area contributed by atoms with Crippen LogP contribution in [0.25, 0.3) is 0 Å².